The van der Waals surface area contributed by atoms with Crippen molar-refractivity contribution in [2.75, 3.05) is 4.90 Å². The second-order valence-electron chi connectivity index (χ2n) is 14.6. The van der Waals surface area contributed by atoms with Gasteiger partial charge in [-0.3, -0.25) is 0 Å². The quantitative estimate of drug-likeness (QED) is 0.178. The highest BCUT2D eigenvalue weighted by Crippen LogP contribution is 2.52. The molecule has 0 bridgehead atoms. The number of hydrogen-bond acceptors (Lipinski definition) is 1. The number of benzene rings is 5. The second kappa shape index (κ2) is 11.4. The number of anilines is 2. The van der Waals surface area contributed by atoms with Gasteiger partial charge in [0.05, 0.1) is 11.0 Å². The Hall–Kier alpha value is -4.82. The molecular formula is C46H42N2. The van der Waals surface area contributed by atoms with Gasteiger partial charge in [-0.1, -0.05) is 91.7 Å². The number of rotatable bonds is 4. The molecule has 2 heteroatoms. The summed E-state index contributed by atoms with van der Waals surface area (Å²) in [6.07, 6.45) is 17.7. The summed E-state index contributed by atoms with van der Waals surface area (Å²) in [5.74, 6) is 2.01. The Bertz CT molecular complexity index is 2220. The maximum Gasteiger partial charge on any atom is 0.0541 e. The first-order chi connectivity index (χ1) is 23.8. The third-order valence-corrected chi connectivity index (χ3v) is 12.1. The predicted octanol–water partition coefficient (Wildman–Crippen LogP) is 12.4. The number of allylic oxidation sites excluding steroid dienone is 4. The maximum absolute atomic E-state index is 2.70. The van der Waals surface area contributed by atoms with E-state index in [0.717, 1.165) is 5.92 Å². The molecule has 10 rings (SSSR count). The van der Waals surface area contributed by atoms with Crippen molar-refractivity contribution in [3.8, 4) is 16.8 Å². The molecular weight excluding hydrogens is 581 g/mol. The fraction of sp³-hybridized carbons (Fsp3) is 0.261. The van der Waals surface area contributed by atoms with Crippen molar-refractivity contribution in [1.82, 2.24) is 4.57 Å². The molecule has 0 saturated heterocycles. The lowest BCUT2D eigenvalue weighted by Crippen LogP contribution is -2.32. The van der Waals surface area contributed by atoms with Gasteiger partial charge in [-0.25, -0.2) is 0 Å². The molecule has 4 aliphatic rings. The van der Waals surface area contributed by atoms with Crippen LogP contribution >= 0.6 is 0 Å². The minimum Gasteiger partial charge on any atom is -0.338 e. The van der Waals surface area contributed by atoms with Crippen LogP contribution in [0, 0.1) is 11.8 Å². The Morgan fingerprint density at radius 2 is 1.31 bits per heavy atom. The lowest BCUT2D eigenvalue weighted by atomic mass is 9.71. The van der Waals surface area contributed by atoms with Crippen LogP contribution in [0.5, 0.6) is 0 Å². The number of fused-ring (bicyclic) bond motifs is 7. The number of nitrogens with zero attached hydrogens (tertiary/aromatic N) is 2. The zero-order valence-corrected chi connectivity index (χ0v) is 27.6. The molecule has 1 aromatic heterocycles. The summed E-state index contributed by atoms with van der Waals surface area (Å²) in [6.45, 7) is 0. The van der Waals surface area contributed by atoms with Gasteiger partial charge >= 0.3 is 0 Å². The van der Waals surface area contributed by atoms with E-state index >= 15 is 0 Å². The molecule has 0 radical (unpaired) electrons. The number of para-hydroxylation sites is 2. The van der Waals surface area contributed by atoms with Crippen LogP contribution in [-0.2, 0) is 0 Å². The van der Waals surface area contributed by atoms with E-state index in [1.165, 1.54) is 107 Å². The molecule has 236 valence electrons. The second-order valence-corrected chi connectivity index (χ2v) is 14.6. The lowest BCUT2D eigenvalue weighted by Gasteiger charge is -2.35. The smallest absolute Gasteiger partial charge is 0.0541 e. The minimum absolute atomic E-state index is 0.544. The van der Waals surface area contributed by atoms with E-state index in [1.54, 1.807) is 11.1 Å². The van der Waals surface area contributed by atoms with Crippen LogP contribution in [-0.4, -0.2) is 10.6 Å². The van der Waals surface area contributed by atoms with Crippen molar-refractivity contribution in [2.24, 2.45) is 11.8 Å². The predicted molar refractivity (Wildman–Crippen MR) is 202 cm³/mol. The molecule has 48 heavy (non-hydrogen) atoms. The molecule has 1 fully saturated rings. The number of aromatic nitrogens is 1. The topological polar surface area (TPSA) is 8.17 Å². The van der Waals surface area contributed by atoms with Crippen LogP contribution in [0.15, 0.2) is 133 Å². The summed E-state index contributed by atoms with van der Waals surface area (Å²) in [5, 5.41) is 2.62. The average molecular weight is 623 g/mol. The van der Waals surface area contributed by atoms with Crippen LogP contribution in [0.1, 0.15) is 68.4 Å². The van der Waals surface area contributed by atoms with E-state index in [1.807, 2.05) is 0 Å². The van der Waals surface area contributed by atoms with Crippen molar-refractivity contribution >= 4 is 38.8 Å². The van der Waals surface area contributed by atoms with Gasteiger partial charge in [0, 0.05) is 39.8 Å². The van der Waals surface area contributed by atoms with E-state index in [4.69, 9.17) is 0 Å². The largest absolute Gasteiger partial charge is 0.338 e. The molecule has 5 aromatic carbocycles. The van der Waals surface area contributed by atoms with Gasteiger partial charge in [0.1, 0.15) is 0 Å². The van der Waals surface area contributed by atoms with Gasteiger partial charge in [-0.15, -0.1) is 0 Å². The van der Waals surface area contributed by atoms with Crippen LogP contribution in [0.2, 0.25) is 0 Å². The highest BCUT2D eigenvalue weighted by Gasteiger charge is 2.40. The van der Waals surface area contributed by atoms with Crippen LogP contribution in [0.25, 0.3) is 44.2 Å². The zero-order chi connectivity index (χ0) is 31.6. The molecule has 2 heterocycles. The van der Waals surface area contributed by atoms with E-state index < -0.39 is 0 Å². The highest BCUT2D eigenvalue weighted by atomic mass is 15.2. The third kappa shape index (κ3) is 4.45. The first-order valence-electron chi connectivity index (χ1n) is 18.3. The molecule has 3 aliphatic carbocycles. The Morgan fingerprint density at radius 1 is 0.542 bits per heavy atom. The van der Waals surface area contributed by atoms with E-state index in [9.17, 15) is 0 Å². The molecule has 0 amide bonds. The highest BCUT2D eigenvalue weighted by molar-refractivity contribution is 6.10. The van der Waals surface area contributed by atoms with Crippen molar-refractivity contribution in [3.63, 3.8) is 0 Å². The summed E-state index contributed by atoms with van der Waals surface area (Å²) in [7, 11) is 0. The minimum atomic E-state index is 0.544. The van der Waals surface area contributed by atoms with Crippen molar-refractivity contribution < 1.29 is 0 Å². The third-order valence-electron chi connectivity index (χ3n) is 12.1. The molecule has 0 N–H and O–H groups in total. The molecule has 1 aliphatic heterocycles. The van der Waals surface area contributed by atoms with Gasteiger partial charge in [-0.05, 0) is 133 Å². The van der Waals surface area contributed by atoms with Crippen molar-refractivity contribution in [3.05, 3.63) is 145 Å². The fourth-order valence-corrected chi connectivity index (χ4v) is 9.86. The summed E-state index contributed by atoms with van der Waals surface area (Å²) in [4.78, 5) is 2.70. The van der Waals surface area contributed by atoms with E-state index in [0.29, 0.717) is 17.9 Å². The maximum atomic E-state index is 2.70. The average Bonchev–Trinajstić information content (AvgIpc) is 3.67. The van der Waals surface area contributed by atoms with Crippen molar-refractivity contribution in [2.45, 2.75) is 63.3 Å². The van der Waals surface area contributed by atoms with Gasteiger partial charge in [0.25, 0.3) is 0 Å². The van der Waals surface area contributed by atoms with E-state index in [-0.39, 0.29) is 0 Å². The Kier molecular flexibility index (Phi) is 6.71. The van der Waals surface area contributed by atoms with Gasteiger partial charge in [0.2, 0.25) is 0 Å². The van der Waals surface area contributed by atoms with Crippen molar-refractivity contribution in [1.29, 1.82) is 0 Å². The molecule has 0 spiro atoms. The SMILES string of the molecule is C1=CC2CCC=C(c3ccc(N4c5ccc(-c6ccc7c(c6)c6ccccc6n7-c6ccccc6)cc5C5CCCCC54)cc3)C2CC1. The monoisotopic (exact) mass is 622 g/mol. The summed E-state index contributed by atoms with van der Waals surface area (Å²) in [5.41, 5.74) is 13.7. The Morgan fingerprint density at radius 3 is 2.23 bits per heavy atom. The van der Waals surface area contributed by atoms with Gasteiger partial charge in [0.15, 0.2) is 0 Å². The molecule has 2 nitrogen and oxygen atoms in total. The van der Waals surface area contributed by atoms with Gasteiger partial charge in [-0.2, -0.15) is 0 Å². The standard InChI is InChI=1S/C46H42N2/c1-2-13-35(14-3-1)47-43-19-8-6-16-39(43)41-29-33(23-27-45(41)47)34-24-28-46-42(30-34)40-17-7-9-20-44(40)48(46)36-25-21-32(22-26-36)38-18-10-12-31-11-4-5-15-37(31)38/h1-4,6,8,11,13-14,16,18-19,21-31,37,40,44H,5,7,9-10,12,15,17,20H2. The molecule has 6 aromatic rings. The normalized spacial score (nSPS) is 23.2. The summed E-state index contributed by atoms with van der Waals surface area (Å²) in [6, 6.07) is 44.3. The molecule has 4 unspecified atom stereocenters. The van der Waals surface area contributed by atoms with Gasteiger partial charge < -0.3 is 9.47 Å². The summed E-state index contributed by atoms with van der Waals surface area (Å²) >= 11 is 0. The lowest BCUT2D eigenvalue weighted by molar-refractivity contribution is 0.402. The first-order valence-corrected chi connectivity index (χ1v) is 18.3. The molecule has 1 saturated carbocycles. The summed E-state index contributed by atoms with van der Waals surface area (Å²) < 4.78 is 2.41. The van der Waals surface area contributed by atoms with E-state index in [2.05, 4.69) is 143 Å². The van der Waals surface area contributed by atoms with Crippen LogP contribution in [0.3, 0.4) is 0 Å². The number of hydrogen-bond donors (Lipinski definition) is 0. The Balaban J connectivity index is 1.02. The first kappa shape index (κ1) is 28.2. The Labute approximate surface area is 284 Å². The van der Waals surface area contributed by atoms with Crippen LogP contribution < -0.4 is 4.90 Å². The molecule has 4 atom stereocenters. The fourth-order valence-electron chi connectivity index (χ4n) is 9.86. The van der Waals surface area contributed by atoms with Crippen LogP contribution in [0.4, 0.5) is 11.4 Å². The zero-order valence-electron chi connectivity index (χ0n) is 27.6.